The maximum atomic E-state index is 12.9. The van der Waals surface area contributed by atoms with Gasteiger partial charge in [0.1, 0.15) is 6.61 Å². The summed E-state index contributed by atoms with van der Waals surface area (Å²) in [5, 5.41) is 3.77. The van der Waals surface area contributed by atoms with Gasteiger partial charge in [-0.05, 0) is 55.9 Å². The number of benzene rings is 1. The van der Waals surface area contributed by atoms with E-state index in [4.69, 9.17) is 16.3 Å². The first-order valence-corrected chi connectivity index (χ1v) is 9.96. The molecule has 2 aliphatic rings. The van der Waals surface area contributed by atoms with Gasteiger partial charge in [0.25, 0.3) is 5.91 Å². The lowest BCUT2D eigenvalue weighted by molar-refractivity contribution is 0.0918. The second kappa shape index (κ2) is 7.77. The first-order chi connectivity index (χ1) is 13.1. The summed E-state index contributed by atoms with van der Waals surface area (Å²) < 4.78 is 5.90. The lowest BCUT2D eigenvalue weighted by Crippen LogP contribution is -2.38. The van der Waals surface area contributed by atoms with Gasteiger partial charge in [0.15, 0.2) is 11.6 Å². The fraction of sp³-hybridized carbons (Fsp3) is 0.429. The van der Waals surface area contributed by atoms with Crippen LogP contribution in [0, 0.1) is 5.92 Å². The molecule has 142 valence electrons. The molecule has 0 atom stereocenters. The van der Waals surface area contributed by atoms with Crippen molar-refractivity contribution >= 4 is 29.0 Å². The van der Waals surface area contributed by atoms with E-state index < -0.39 is 0 Å². The van der Waals surface area contributed by atoms with Crippen LogP contribution in [0.1, 0.15) is 43.0 Å². The van der Waals surface area contributed by atoms with E-state index in [1.165, 1.54) is 12.8 Å². The number of hydrogen-bond donors (Lipinski definition) is 1. The third-order valence-electron chi connectivity index (χ3n) is 5.44. The minimum absolute atomic E-state index is 0.0691. The number of anilines is 2. The molecule has 1 amide bonds. The number of carbonyl (C=O) groups excluding carboxylic acids is 1. The van der Waals surface area contributed by atoms with Crippen molar-refractivity contribution in [1.29, 1.82) is 0 Å². The Balaban J connectivity index is 1.60. The molecule has 1 aromatic carbocycles. The van der Waals surface area contributed by atoms with Crippen LogP contribution in [-0.2, 0) is 0 Å². The molecule has 1 aliphatic carbocycles. The zero-order valence-electron chi connectivity index (χ0n) is 15.5. The van der Waals surface area contributed by atoms with Crippen molar-refractivity contribution in [3.05, 3.63) is 47.1 Å². The summed E-state index contributed by atoms with van der Waals surface area (Å²) in [6.07, 6.45) is 6.13. The normalized spacial score (nSPS) is 21.9. The van der Waals surface area contributed by atoms with Crippen LogP contribution in [0.4, 0.5) is 11.5 Å². The molecule has 0 bridgehead atoms. The largest absolute Gasteiger partial charge is 0.489 e. The Morgan fingerprint density at radius 2 is 2.04 bits per heavy atom. The first kappa shape index (κ1) is 18.1. The van der Waals surface area contributed by atoms with E-state index in [9.17, 15) is 4.79 Å². The van der Waals surface area contributed by atoms with Crippen LogP contribution < -0.4 is 15.0 Å². The maximum Gasteiger partial charge on any atom is 0.255 e. The highest BCUT2D eigenvalue weighted by molar-refractivity contribution is 6.33. The van der Waals surface area contributed by atoms with Crippen molar-refractivity contribution in [2.75, 3.05) is 18.1 Å². The monoisotopic (exact) mass is 385 g/mol. The van der Waals surface area contributed by atoms with Crippen molar-refractivity contribution in [3.8, 4) is 5.75 Å². The molecule has 0 radical (unpaired) electrons. The zero-order chi connectivity index (χ0) is 18.8. The number of para-hydroxylation sites is 1. The first-order valence-electron chi connectivity index (χ1n) is 9.58. The Bertz CT molecular complexity index is 834. The summed E-state index contributed by atoms with van der Waals surface area (Å²) in [4.78, 5) is 19.4. The third kappa shape index (κ3) is 3.74. The molecule has 0 unspecified atom stereocenters. The maximum absolute atomic E-state index is 12.9. The summed E-state index contributed by atoms with van der Waals surface area (Å²) in [5.74, 6) is 1.97. The van der Waals surface area contributed by atoms with Crippen molar-refractivity contribution in [1.82, 2.24) is 10.3 Å². The number of amides is 1. The van der Waals surface area contributed by atoms with E-state index in [1.54, 1.807) is 6.20 Å². The highest BCUT2D eigenvalue weighted by Crippen LogP contribution is 2.40. The number of ether oxygens (including phenoxy) is 1. The highest BCUT2D eigenvalue weighted by Gasteiger charge is 2.28. The van der Waals surface area contributed by atoms with Gasteiger partial charge in [-0.3, -0.25) is 4.79 Å². The van der Waals surface area contributed by atoms with Crippen molar-refractivity contribution in [3.63, 3.8) is 0 Å². The fourth-order valence-corrected chi connectivity index (χ4v) is 4.11. The van der Waals surface area contributed by atoms with Crippen molar-refractivity contribution in [2.24, 2.45) is 5.92 Å². The molecule has 1 fully saturated rings. The standard InChI is InChI=1S/C21H24ClN3O2/c1-14-7-9-15(10-8-14)24-21(26)16-4-2-6-18-19(16)27-13-12-25(18)20-17(22)5-3-11-23-20/h2-6,11,14-15H,7-10,12-13H2,1H3,(H,24,26). The van der Waals surface area contributed by atoms with Crippen LogP contribution in [0.3, 0.4) is 0 Å². The Hall–Kier alpha value is -2.27. The lowest BCUT2D eigenvalue weighted by atomic mass is 9.87. The van der Waals surface area contributed by atoms with Crippen molar-refractivity contribution in [2.45, 2.75) is 38.6 Å². The van der Waals surface area contributed by atoms with E-state index in [2.05, 4.69) is 17.2 Å². The topological polar surface area (TPSA) is 54.5 Å². The molecule has 0 saturated heterocycles. The van der Waals surface area contributed by atoms with Crippen LogP contribution in [0.15, 0.2) is 36.5 Å². The Labute approximate surface area is 164 Å². The number of carbonyl (C=O) groups is 1. The molecule has 6 heteroatoms. The van der Waals surface area contributed by atoms with Crippen molar-refractivity contribution < 1.29 is 9.53 Å². The lowest BCUT2D eigenvalue weighted by Gasteiger charge is -2.32. The molecule has 1 saturated carbocycles. The molecule has 1 aliphatic heterocycles. The minimum atomic E-state index is -0.0691. The molecule has 5 nitrogen and oxygen atoms in total. The highest BCUT2D eigenvalue weighted by atomic mass is 35.5. The molecule has 0 spiro atoms. The molecular formula is C21H24ClN3O2. The molecule has 2 aromatic rings. The van der Waals surface area contributed by atoms with Crippen LogP contribution in [0.5, 0.6) is 5.75 Å². The van der Waals surface area contributed by atoms with Gasteiger partial charge < -0.3 is 15.0 Å². The van der Waals surface area contributed by atoms with Crippen LogP contribution >= 0.6 is 11.6 Å². The van der Waals surface area contributed by atoms with Gasteiger partial charge in [-0.1, -0.05) is 24.6 Å². The quantitative estimate of drug-likeness (QED) is 0.840. The number of pyridine rings is 1. The van der Waals surface area contributed by atoms with Gasteiger partial charge >= 0.3 is 0 Å². The number of aromatic nitrogens is 1. The summed E-state index contributed by atoms with van der Waals surface area (Å²) in [6.45, 7) is 3.39. The van der Waals surface area contributed by atoms with E-state index >= 15 is 0 Å². The number of nitrogens with one attached hydrogen (secondary N) is 1. The molecule has 4 rings (SSSR count). The number of hydrogen-bond acceptors (Lipinski definition) is 4. The van der Waals surface area contributed by atoms with Gasteiger partial charge in [-0.2, -0.15) is 0 Å². The zero-order valence-corrected chi connectivity index (χ0v) is 16.2. The smallest absolute Gasteiger partial charge is 0.255 e. The number of fused-ring (bicyclic) bond motifs is 1. The summed E-state index contributed by atoms with van der Waals surface area (Å²) in [6, 6.07) is 9.52. The molecule has 1 N–H and O–H groups in total. The Morgan fingerprint density at radius 1 is 1.22 bits per heavy atom. The van der Waals surface area contributed by atoms with E-state index in [0.29, 0.717) is 35.3 Å². The van der Waals surface area contributed by atoms with Gasteiger partial charge in [-0.15, -0.1) is 0 Å². The van der Waals surface area contributed by atoms with Gasteiger partial charge in [-0.25, -0.2) is 4.98 Å². The summed E-state index contributed by atoms with van der Waals surface area (Å²) in [5.41, 5.74) is 1.40. The van der Waals surface area contributed by atoms with E-state index in [1.807, 2.05) is 35.2 Å². The number of rotatable bonds is 3. The summed E-state index contributed by atoms with van der Waals surface area (Å²) in [7, 11) is 0. The Kier molecular flexibility index (Phi) is 5.21. The van der Waals surface area contributed by atoms with E-state index in [0.717, 1.165) is 24.4 Å². The van der Waals surface area contributed by atoms with Crippen LogP contribution in [0.2, 0.25) is 5.02 Å². The molecular weight excluding hydrogens is 362 g/mol. The second-order valence-electron chi connectivity index (χ2n) is 7.39. The third-order valence-corrected chi connectivity index (χ3v) is 5.73. The average Bonchev–Trinajstić information content (AvgIpc) is 2.69. The van der Waals surface area contributed by atoms with Gasteiger partial charge in [0.05, 0.1) is 22.8 Å². The molecule has 1 aromatic heterocycles. The minimum Gasteiger partial charge on any atom is -0.489 e. The summed E-state index contributed by atoms with van der Waals surface area (Å²) >= 11 is 6.34. The SMILES string of the molecule is CC1CCC(NC(=O)c2cccc3c2OCCN3c2ncccc2Cl)CC1. The average molecular weight is 386 g/mol. The number of nitrogens with zero attached hydrogens (tertiary/aromatic N) is 2. The molecule has 27 heavy (non-hydrogen) atoms. The Morgan fingerprint density at radius 3 is 2.81 bits per heavy atom. The predicted molar refractivity (Wildman–Crippen MR) is 107 cm³/mol. The predicted octanol–water partition coefficient (Wildman–Crippen LogP) is 4.57. The fourth-order valence-electron chi connectivity index (χ4n) is 3.89. The van der Waals surface area contributed by atoms with E-state index in [-0.39, 0.29) is 11.9 Å². The van der Waals surface area contributed by atoms with Gasteiger partial charge in [0, 0.05) is 12.2 Å². The number of halogens is 1. The molecule has 2 heterocycles. The van der Waals surface area contributed by atoms with Crippen LogP contribution in [-0.4, -0.2) is 30.1 Å². The van der Waals surface area contributed by atoms with Crippen LogP contribution in [0.25, 0.3) is 0 Å². The van der Waals surface area contributed by atoms with Gasteiger partial charge in [0.2, 0.25) is 0 Å². The second-order valence-corrected chi connectivity index (χ2v) is 7.80.